The molecule has 0 atom stereocenters. The molecule has 0 unspecified atom stereocenters. The molecule has 0 aliphatic carbocycles. The molecule has 1 aromatic rings. The summed E-state index contributed by atoms with van der Waals surface area (Å²) in [6, 6.07) is 7.70. The molecular weight excluding hydrogens is 205 g/mol. The molecular formula is C7H12N3O3P. The van der Waals surface area contributed by atoms with Gasteiger partial charge in [-0.25, -0.2) is 0 Å². The van der Waals surface area contributed by atoms with E-state index in [0.29, 0.717) is 0 Å². The van der Waals surface area contributed by atoms with Crippen molar-refractivity contribution in [3.63, 3.8) is 0 Å². The van der Waals surface area contributed by atoms with E-state index < -0.39 is 7.60 Å². The van der Waals surface area contributed by atoms with Crippen LogP contribution in [0.3, 0.4) is 0 Å². The summed E-state index contributed by atoms with van der Waals surface area (Å²) >= 11 is 0. The van der Waals surface area contributed by atoms with Crippen LogP contribution in [-0.2, 0) is 4.57 Å². The molecule has 6 nitrogen and oxygen atoms in total. The number of hydrogen-bond acceptors (Lipinski definition) is 2. The lowest BCUT2D eigenvalue weighted by atomic mass is 10.4. The van der Waals surface area contributed by atoms with Gasteiger partial charge in [-0.3, -0.25) is 9.97 Å². The van der Waals surface area contributed by atoms with Crippen LogP contribution in [0.15, 0.2) is 30.3 Å². The van der Waals surface area contributed by atoms with E-state index in [4.69, 9.17) is 15.2 Å². The molecule has 1 rings (SSSR count). The SMILES string of the molecule is N=C(N)N.O=P(O)(O)c1ccccc1. The summed E-state index contributed by atoms with van der Waals surface area (Å²) in [7, 11) is -4.02. The molecule has 0 heterocycles. The summed E-state index contributed by atoms with van der Waals surface area (Å²) < 4.78 is 10.5. The number of guanidine groups is 1. The predicted molar refractivity (Wildman–Crippen MR) is 54.2 cm³/mol. The lowest BCUT2D eigenvalue weighted by molar-refractivity contribution is 0.387. The summed E-state index contributed by atoms with van der Waals surface area (Å²) in [6.07, 6.45) is 0. The zero-order valence-electron chi connectivity index (χ0n) is 7.29. The number of benzene rings is 1. The highest BCUT2D eigenvalue weighted by Gasteiger charge is 2.14. The zero-order valence-corrected chi connectivity index (χ0v) is 8.19. The quantitative estimate of drug-likeness (QED) is 0.241. The van der Waals surface area contributed by atoms with Crippen molar-refractivity contribution in [2.24, 2.45) is 11.5 Å². The fraction of sp³-hybridized carbons (Fsp3) is 0. The molecule has 1 aromatic carbocycles. The van der Waals surface area contributed by atoms with Crippen molar-refractivity contribution >= 4 is 18.9 Å². The third-order valence-electron chi connectivity index (χ3n) is 1.09. The van der Waals surface area contributed by atoms with Crippen LogP contribution in [0.1, 0.15) is 0 Å². The van der Waals surface area contributed by atoms with E-state index in [9.17, 15) is 4.57 Å². The van der Waals surface area contributed by atoms with Crippen LogP contribution in [0.2, 0.25) is 0 Å². The van der Waals surface area contributed by atoms with Gasteiger partial charge in [0.2, 0.25) is 0 Å². The maximum atomic E-state index is 10.5. The highest BCUT2D eigenvalue weighted by Crippen LogP contribution is 2.32. The average molecular weight is 217 g/mol. The van der Waals surface area contributed by atoms with Crippen LogP contribution < -0.4 is 16.8 Å². The van der Waals surface area contributed by atoms with Gasteiger partial charge in [-0.15, -0.1) is 0 Å². The average Bonchev–Trinajstić information content (AvgIpc) is 2.03. The minimum atomic E-state index is -4.02. The van der Waals surface area contributed by atoms with Crippen LogP contribution in [-0.4, -0.2) is 15.7 Å². The fourth-order valence-corrected chi connectivity index (χ4v) is 1.18. The lowest BCUT2D eigenvalue weighted by Crippen LogP contribution is -2.20. The zero-order chi connectivity index (χ0) is 11.2. The lowest BCUT2D eigenvalue weighted by Gasteiger charge is -2.00. The summed E-state index contributed by atoms with van der Waals surface area (Å²) in [4.78, 5) is 17.2. The van der Waals surface area contributed by atoms with Gasteiger partial charge < -0.3 is 21.3 Å². The van der Waals surface area contributed by atoms with Gasteiger partial charge in [-0.1, -0.05) is 18.2 Å². The predicted octanol–water partition coefficient (Wildman–Crippen LogP) is -0.672. The highest BCUT2D eigenvalue weighted by molar-refractivity contribution is 7.60. The Morgan fingerprint density at radius 3 is 1.79 bits per heavy atom. The van der Waals surface area contributed by atoms with E-state index in [0.717, 1.165) is 0 Å². The van der Waals surface area contributed by atoms with E-state index in [-0.39, 0.29) is 11.3 Å². The second-order valence-electron chi connectivity index (χ2n) is 2.33. The number of nitrogens with two attached hydrogens (primary N) is 2. The fourth-order valence-electron chi connectivity index (χ4n) is 0.622. The van der Waals surface area contributed by atoms with Gasteiger partial charge in [0.05, 0.1) is 5.30 Å². The van der Waals surface area contributed by atoms with Crippen LogP contribution >= 0.6 is 7.60 Å². The first kappa shape index (κ1) is 12.6. The number of rotatable bonds is 1. The first-order valence-electron chi connectivity index (χ1n) is 3.54. The highest BCUT2D eigenvalue weighted by atomic mass is 31.2. The van der Waals surface area contributed by atoms with Crippen molar-refractivity contribution in [1.82, 2.24) is 0 Å². The van der Waals surface area contributed by atoms with Gasteiger partial charge in [0.25, 0.3) is 0 Å². The van der Waals surface area contributed by atoms with E-state index in [1.54, 1.807) is 18.2 Å². The third kappa shape index (κ3) is 6.19. The molecule has 7 heteroatoms. The Kier molecular flexibility index (Phi) is 4.86. The summed E-state index contributed by atoms with van der Waals surface area (Å²) in [5.74, 6) is -0.333. The minimum absolute atomic E-state index is 0.0648. The second kappa shape index (κ2) is 5.39. The topological polar surface area (TPSA) is 133 Å². The van der Waals surface area contributed by atoms with E-state index in [1.165, 1.54) is 12.1 Å². The van der Waals surface area contributed by atoms with E-state index in [2.05, 4.69) is 11.5 Å². The summed E-state index contributed by atoms with van der Waals surface area (Å²) in [5.41, 5.74) is 8.94. The molecule has 0 spiro atoms. The maximum Gasteiger partial charge on any atom is 0.356 e. The van der Waals surface area contributed by atoms with Crippen molar-refractivity contribution in [1.29, 1.82) is 5.41 Å². The van der Waals surface area contributed by atoms with Crippen molar-refractivity contribution in [2.45, 2.75) is 0 Å². The maximum absolute atomic E-state index is 10.5. The summed E-state index contributed by atoms with van der Waals surface area (Å²) in [5, 5.41) is 6.12. The van der Waals surface area contributed by atoms with Crippen molar-refractivity contribution in [3.05, 3.63) is 30.3 Å². The van der Waals surface area contributed by atoms with Crippen LogP contribution in [0.4, 0.5) is 0 Å². The van der Waals surface area contributed by atoms with Gasteiger partial charge in [-0.2, -0.15) is 0 Å². The van der Waals surface area contributed by atoms with Gasteiger partial charge in [0.15, 0.2) is 5.96 Å². The van der Waals surface area contributed by atoms with Crippen LogP contribution in [0.5, 0.6) is 0 Å². The van der Waals surface area contributed by atoms with Crippen molar-refractivity contribution in [2.75, 3.05) is 0 Å². The Morgan fingerprint density at radius 1 is 1.21 bits per heavy atom. The van der Waals surface area contributed by atoms with E-state index in [1.807, 2.05) is 0 Å². The molecule has 0 fully saturated rings. The van der Waals surface area contributed by atoms with Crippen molar-refractivity contribution < 1.29 is 14.4 Å². The molecule has 78 valence electrons. The minimum Gasteiger partial charge on any atom is -0.370 e. The third-order valence-corrected chi connectivity index (χ3v) is 2.06. The van der Waals surface area contributed by atoms with Gasteiger partial charge >= 0.3 is 7.60 Å². The normalized spacial score (nSPS) is 9.86. The standard InChI is InChI=1S/C6H7O3P.CH5N3/c7-10(8,9)6-4-2-1-3-5-6;2-1(3)4/h1-5H,(H2,7,8,9);(H5,2,3,4). The Labute approximate surface area is 81.2 Å². The van der Waals surface area contributed by atoms with Gasteiger partial charge in [0.1, 0.15) is 0 Å². The molecule has 14 heavy (non-hydrogen) atoms. The molecule has 7 N–H and O–H groups in total. The second-order valence-corrected chi connectivity index (χ2v) is 3.94. The van der Waals surface area contributed by atoms with Gasteiger partial charge in [-0.05, 0) is 12.1 Å². The van der Waals surface area contributed by atoms with Crippen LogP contribution in [0, 0.1) is 5.41 Å². The monoisotopic (exact) mass is 217 g/mol. The first-order chi connectivity index (χ1) is 6.34. The Morgan fingerprint density at radius 2 is 1.57 bits per heavy atom. The summed E-state index contributed by atoms with van der Waals surface area (Å²) in [6.45, 7) is 0. The Hall–Kier alpha value is -1.36. The smallest absolute Gasteiger partial charge is 0.356 e. The van der Waals surface area contributed by atoms with Crippen molar-refractivity contribution in [3.8, 4) is 0 Å². The molecule has 0 aliphatic heterocycles. The number of hydrogen-bond donors (Lipinski definition) is 5. The largest absolute Gasteiger partial charge is 0.370 e. The Balaban J connectivity index is 0.000000364. The molecule has 0 saturated carbocycles. The molecule has 0 aromatic heterocycles. The van der Waals surface area contributed by atoms with Crippen LogP contribution in [0.25, 0.3) is 0 Å². The molecule has 0 radical (unpaired) electrons. The van der Waals surface area contributed by atoms with Gasteiger partial charge in [0, 0.05) is 0 Å². The molecule has 0 amide bonds. The van der Waals surface area contributed by atoms with E-state index >= 15 is 0 Å². The number of nitrogens with one attached hydrogen (secondary N) is 1. The molecule has 0 bridgehead atoms. The molecule has 0 aliphatic rings. The first-order valence-corrected chi connectivity index (χ1v) is 5.16. The Bertz CT molecular complexity index is 331. The molecule has 0 saturated heterocycles.